The summed E-state index contributed by atoms with van der Waals surface area (Å²) < 4.78 is -1.90. The Balaban J connectivity index is 2.48. The van der Waals surface area contributed by atoms with Crippen molar-refractivity contribution in [3.8, 4) is 0 Å². The van der Waals surface area contributed by atoms with E-state index in [9.17, 15) is 9.59 Å². The van der Waals surface area contributed by atoms with Gasteiger partial charge < -0.3 is 0 Å². The fraction of sp³-hybridized carbons (Fsp3) is 0.250. The number of anilines is 1. The zero-order chi connectivity index (χ0) is 15.8. The molecule has 3 amide bonds. The lowest BCUT2D eigenvalue weighted by Crippen LogP contribution is -2.33. The second-order valence-corrected chi connectivity index (χ2v) is 6.93. The van der Waals surface area contributed by atoms with Gasteiger partial charge in [-0.25, -0.2) is 14.7 Å². The largest absolute Gasteiger partial charge is 0.337 e. The molecule has 112 valence electrons. The zero-order valence-corrected chi connectivity index (χ0v) is 13.7. The number of aliphatic imine (C=N–C) groups is 1. The van der Waals surface area contributed by atoms with Crippen molar-refractivity contribution in [1.29, 1.82) is 0 Å². The van der Waals surface area contributed by atoms with Gasteiger partial charge in [0.05, 0.1) is 5.69 Å². The van der Waals surface area contributed by atoms with Gasteiger partial charge in [0.25, 0.3) is 5.91 Å². The van der Waals surface area contributed by atoms with Crippen LogP contribution < -0.4 is 4.90 Å². The molecule has 5 nitrogen and oxygen atoms in total. The normalized spacial score (nSPS) is 19.6. The van der Waals surface area contributed by atoms with Crippen LogP contribution in [0.4, 0.5) is 10.5 Å². The highest BCUT2D eigenvalue weighted by atomic mass is 35.6. The molecule has 1 heterocycles. The molecule has 1 fully saturated rings. The highest BCUT2D eigenvalue weighted by Gasteiger charge is 2.43. The lowest BCUT2D eigenvalue weighted by molar-refractivity contribution is -0.119. The first-order valence-corrected chi connectivity index (χ1v) is 7.26. The number of rotatable bonds is 2. The van der Waals surface area contributed by atoms with Crippen molar-refractivity contribution in [2.24, 2.45) is 4.99 Å². The molecule has 1 aromatic rings. The molecular weight excluding hydrogens is 360 g/mol. The van der Waals surface area contributed by atoms with Crippen LogP contribution in [0.3, 0.4) is 0 Å². The highest BCUT2D eigenvalue weighted by molar-refractivity contribution is 6.70. The molecule has 0 aliphatic carbocycles. The highest BCUT2D eigenvalue weighted by Crippen LogP contribution is 2.35. The second kappa shape index (κ2) is 6.01. The van der Waals surface area contributed by atoms with Crippen molar-refractivity contribution in [2.45, 2.75) is 9.29 Å². The van der Waals surface area contributed by atoms with Gasteiger partial charge in [-0.05, 0) is 12.1 Å². The molecule has 0 saturated carbocycles. The monoisotopic (exact) mass is 367 g/mol. The summed E-state index contributed by atoms with van der Waals surface area (Å²) in [6.45, 7) is 0. The van der Waals surface area contributed by atoms with E-state index in [1.54, 1.807) is 30.3 Å². The van der Waals surface area contributed by atoms with E-state index in [1.165, 1.54) is 7.05 Å². The van der Waals surface area contributed by atoms with Crippen LogP contribution in [-0.2, 0) is 4.79 Å². The van der Waals surface area contributed by atoms with Crippen LogP contribution in [0, 0.1) is 0 Å². The molecule has 0 N–H and O–H groups in total. The van der Waals surface area contributed by atoms with Crippen LogP contribution in [0.5, 0.6) is 0 Å². The van der Waals surface area contributed by atoms with E-state index in [-0.39, 0.29) is 5.84 Å². The quantitative estimate of drug-likeness (QED) is 0.456. The number of hydrogen-bond donors (Lipinski definition) is 0. The molecule has 0 spiro atoms. The minimum Gasteiger partial charge on any atom is -0.265 e. The topological polar surface area (TPSA) is 53.0 Å². The first-order chi connectivity index (χ1) is 9.73. The molecule has 1 unspecified atom stereocenters. The van der Waals surface area contributed by atoms with Gasteiger partial charge in [0.1, 0.15) is 0 Å². The number of imide groups is 1. The summed E-state index contributed by atoms with van der Waals surface area (Å²) in [4.78, 5) is 30.2. The molecule has 21 heavy (non-hydrogen) atoms. The van der Waals surface area contributed by atoms with E-state index in [0.717, 1.165) is 9.80 Å². The number of likely N-dealkylation sites (N-methyl/N-ethyl adjacent to an activating group) is 1. The molecule has 1 aliphatic heterocycles. The maximum Gasteiger partial charge on any atom is 0.337 e. The number of amidine groups is 1. The molecule has 0 bridgehead atoms. The number of carbonyl (C=O) groups excluding carboxylic acids is 2. The van der Waals surface area contributed by atoms with Crippen molar-refractivity contribution >= 4 is 69.9 Å². The lowest BCUT2D eigenvalue weighted by atomic mass is 10.3. The third kappa shape index (κ3) is 3.26. The van der Waals surface area contributed by atoms with E-state index >= 15 is 0 Å². The number of halogens is 4. The first-order valence-electron chi connectivity index (χ1n) is 5.69. The Bertz CT molecular complexity index is 600. The number of carbonyl (C=O) groups is 2. The number of urea groups is 1. The van der Waals surface area contributed by atoms with Gasteiger partial charge in [-0.15, -0.1) is 0 Å². The van der Waals surface area contributed by atoms with Crippen molar-refractivity contribution in [2.75, 3.05) is 11.9 Å². The number of para-hydroxylation sites is 1. The van der Waals surface area contributed by atoms with Gasteiger partial charge in [0.2, 0.25) is 9.63 Å². The maximum absolute atomic E-state index is 12.2. The molecule has 0 radical (unpaired) electrons. The summed E-state index contributed by atoms with van der Waals surface area (Å²) in [7, 11) is 1.34. The van der Waals surface area contributed by atoms with Crippen molar-refractivity contribution < 1.29 is 9.59 Å². The van der Waals surface area contributed by atoms with Crippen molar-refractivity contribution in [3.05, 3.63) is 30.3 Å². The SMILES string of the molecule is CN1C(=O)/C(=N/C(Cl)C(Cl)(Cl)Cl)N(c2ccccc2)C1=O. The first kappa shape index (κ1) is 16.4. The standard InChI is InChI=1S/C12H9Cl4N3O2/c1-18-9(20)8(17-10(13)12(14,15)16)19(11(18)21)7-5-3-2-4-6-7/h2-6,10H,1H3/b17-8-. The van der Waals surface area contributed by atoms with Gasteiger partial charge in [-0.3, -0.25) is 9.69 Å². The Morgan fingerprint density at radius 2 is 1.71 bits per heavy atom. The predicted molar refractivity (Wildman–Crippen MR) is 84.5 cm³/mol. The fourth-order valence-corrected chi connectivity index (χ4v) is 1.92. The van der Waals surface area contributed by atoms with E-state index in [1.807, 2.05) is 0 Å². The number of nitrogens with zero attached hydrogens (tertiary/aromatic N) is 3. The van der Waals surface area contributed by atoms with Gasteiger partial charge >= 0.3 is 6.03 Å². The zero-order valence-electron chi connectivity index (χ0n) is 10.6. The smallest absolute Gasteiger partial charge is 0.265 e. The third-order valence-corrected chi connectivity index (χ3v) is 4.09. The summed E-state index contributed by atoms with van der Waals surface area (Å²) in [5.74, 6) is -0.816. The van der Waals surface area contributed by atoms with Crippen molar-refractivity contribution in [3.63, 3.8) is 0 Å². The van der Waals surface area contributed by atoms with Crippen LogP contribution in [0.2, 0.25) is 0 Å². The predicted octanol–water partition coefficient (Wildman–Crippen LogP) is 3.42. The maximum atomic E-state index is 12.2. The lowest BCUT2D eigenvalue weighted by Gasteiger charge is -2.18. The van der Waals surface area contributed by atoms with E-state index in [0.29, 0.717) is 5.69 Å². The molecule has 1 atom stereocenters. The Morgan fingerprint density at radius 1 is 1.14 bits per heavy atom. The van der Waals surface area contributed by atoms with Crippen LogP contribution >= 0.6 is 46.4 Å². The van der Waals surface area contributed by atoms with Gasteiger partial charge in [0, 0.05) is 7.05 Å². The second-order valence-electron chi connectivity index (χ2n) is 4.15. The Hall–Kier alpha value is -1.01. The van der Waals surface area contributed by atoms with Crippen molar-refractivity contribution in [1.82, 2.24) is 4.90 Å². The minimum atomic E-state index is -1.90. The number of alkyl halides is 4. The average Bonchev–Trinajstić information content (AvgIpc) is 2.63. The van der Waals surface area contributed by atoms with Gasteiger partial charge in [-0.1, -0.05) is 64.6 Å². The summed E-state index contributed by atoms with van der Waals surface area (Å²) >= 11 is 22.8. The Kier molecular flexibility index (Phi) is 4.68. The molecule has 1 aliphatic rings. The Labute approximate surface area is 141 Å². The van der Waals surface area contributed by atoms with E-state index in [2.05, 4.69) is 4.99 Å². The number of amides is 3. The number of benzene rings is 1. The molecule has 0 aromatic heterocycles. The molecule has 1 aromatic carbocycles. The van der Waals surface area contributed by atoms with Gasteiger partial charge in [0.15, 0.2) is 5.50 Å². The number of hydrogen-bond acceptors (Lipinski definition) is 3. The summed E-state index contributed by atoms with van der Waals surface area (Å²) in [6.07, 6.45) is 0. The Morgan fingerprint density at radius 3 is 2.24 bits per heavy atom. The van der Waals surface area contributed by atoms with Crippen LogP contribution in [0.25, 0.3) is 0 Å². The summed E-state index contributed by atoms with van der Waals surface area (Å²) in [6, 6.07) is 7.96. The van der Waals surface area contributed by atoms with E-state index in [4.69, 9.17) is 46.4 Å². The minimum absolute atomic E-state index is 0.194. The van der Waals surface area contributed by atoms with Crippen LogP contribution in [-0.4, -0.2) is 39.0 Å². The fourth-order valence-electron chi connectivity index (χ4n) is 1.68. The van der Waals surface area contributed by atoms with Crippen LogP contribution in [0.15, 0.2) is 35.3 Å². The average molecular weight is 369 g/mol. The van der Waals surface area contributed by atoms with Gasteiger partial charge in [-0.2, -0.15) is 0 Å². The molecule has 9 heteroatoms. The van der Waals surface area contributed by atoms with E-state index < -0.39 is 21.2 Å². The molecule has 2 rings (SSSR count). The molecule has 1 saturated heterocycles. The molecular formula is C12H9Cl4N3O2. The summed E-state index contributed by atoms with van der Waals surface area (Å²) in [5.41, 5.74) is -0.848. The summed E-state index contributed by atoms with van der Waals surface area (Å²) in [5, 5.41) is 0. The van der Waals surface area contributed by atoms with Crippen LogP contribution in [0.1, 0.15) is 0 Å². The third-order valence-electron chi connectivity index (χ3n) is 2.71.